The molecule has 0 fully saturated rings. The first kappa shape index (κ1) is 12.2. The monoisotopic (exact) mass is 228 g/mol. The molecule has 1 rings (SSSR count). The third kappa shape index (κ3) is 3.99. The van der Waals surface area contributed by atoms with E-state index in [2.05, 4.69) is 5.48 Å². The van der Waals surface area contributed by atoms with Crippen molar-refractivity contribution < 1.29 is 9.63 Å². The van der Waals surface area contributed by atoms with Gasteiger partial charge in [-0.05, 0) is 32.2 Å². The zero-order valence-corrected chi connectivity index (χ0v) is 9.93. The number of rotatable bonds is 3. The van der Waals surface area contributed by atoms with Crippen LogP contribution in [0.25, 0.3) is 0 Å². The third-order valence-corrected chi connectivity index (χ3v) is 2.55. The van der Waals surface area contributed by atoms with Crippen LogP contribution in [0.1, 0.15) is 31.7 Å². The molecule has 1 aromatic heterocycles. The van der Waals surface area contributed by atoms with Gasteiger partial charge in [0.2, 0.25) is 0 Å². The van der Waals surface area contributed by atoms with Gasteiger partial charge in [-0.25, -0.2) is 5.48 Å². The van der Waals surface area contributed by atoms with E-state index in [4.69, 9.17) is 10.6 Å². The number of carbonyl (C=O) groups excluding carboxylic acids is 1. The predicted molar refractivity (Wildman–Crippen MR) is 60.2 cm³/mol. The van der Waals surface area contributed by atoms with Gasteiger partial charge in [-0.15, -0.1) is 11.3 Å². The van der Waals surface area contributed by atoms with Gasteiger partial charge in [0.05, 0.1) is 5.60 Å². The average molecular weight is 228 g/mol. The van der Waals surface area contributed by atoms with E-state index in [9.17, 15) is 4.79 Å². The van der Waals surface area contributed by atoms with Crippen LogP contribution in [0.5, 0.6) is 0 Å². The van der Waals surface area contributed by atoms with E-state index in [1.165, 1.54) is 11.3 Å². The highest BCUT2D eigenvalue weighted by molar-refractivity contribution is 7.10. The van der Waals surface area contributed by atoms with Crippen LogP contribution in [-0.4, -0.2) is 11.5 Å². The van der Waals surface area contributed by atoms with Crippen molar-refractivity contribution in [1.29, 1.82) is 0 Å². The van der Waals surface area contributed by atoms with Crippen LogP contribution in [0.2, 0.25) is 0 Å². The van der Waals surface area contributed by atoms with Gasteiger partial charge >= 0.3 is 0 Å². The Balaban J connectivity index is 2.48. The van der Waals surface area contributed by atoms with E-state index in [-0.39, 0.29) is 5.91 Å². The normalized spacial score (nSPS) is 13.6. The molecule has 0 spiro atoms. The summed E-state index contributed by atoms with van der Waals surface area (Å²) in [5, 5.41) is 1.88. The van der Waals surface area contributed by atoms with Crippen LogP contribution in [0.3, 0.4) is 0 Å². The average Bonchev–Trinajstić information content (AvgIpc) is 2.64. The van der Waals surface area contributed by atoms with E-state index < -0.39 is 11.6 Å². The lowest BCUT2D eigenvalue weighted by atomic mass is 10.2. The number of thiophene rings is 1. The Bertz CT molecular complexity index is 317. The largest absolute Gasteiger partial charge is 0.315 e. The molecule has 0 aliphatic rings. The zero-order chi connectivity index (χ0) is 11.5. The molecule has 0 bridgehead atoms. The van der Waals surface area contributed by atoms with Crippen molar-refractivity contribution in [2.45, 2.75) is 32.4 Å². The van der Waals surface area contributed by atoms with E-state index in [1.807, 2.05) is 38.3 Å². The van der Waals surface area contributed by atoms with Crippen molar-refractivity contribution in [3.05, 3.63) is 22.4 Å². The highest BCUT2D eigenvalue weighted by Gasteiger charge is 2.19. The Kier molecular flexibility index (Phi) is 3.84. The standard InChI is InChI=1S/C10H16N2O2S/c1-10(2,3)14-12-9(13)8(11)7-5-4-6-15-7/h4-6,8H,11H2,1-3H3,(H,12,13). The smallest absolute Gasteiger partial charge is 0.265 e. The molecule has 1 heterocycles. The van der Waals surface area contributed by atoms with Gasteiger partial charge in [-0.2, -0.15) is 0 Å². The molecule has 1 amide bonds. The van der Waals surface area contributed by atoms with Crippen molar-refractivity contribution in [3.63, 3.8) is 0 Å². The lowest BCUT2D eigenvalue weighted by molar-refractivity contribution is -0.147. The highest BCUT2D eigenvalue weighted by atomic mass is 32.1. The van der Waals surface area contributed by atoms with Gasteiger partial charge in [0.15, 0.2) is 0 Å². The zero-order valence-electron chi connectivity index (χ0n) is 9.11. The number of hydroxylamine groups is 1. The maximum Gasteiger partial charge on any atom is 0.265 e. The van der Waals surface area contributed by atoms with Gasteiger partial charge in [0.25, 0.3) is 5.91 Å². The molecular formula is C10H16N2O2S. The Morgan fingerprint density at radius 3 is 2.73 bits per heavy atom. The minimum Gasteiger partial charge on any atom is -0.315 e. The van der Waals surface area contributed by atoms with E-state index >= 15 is 0 Å². The highest BCUT2D eigenvalue weighted by Crippen LogP contribution is 2.17. The summed E-state index contributed by atoms with van der Waals surface area (Å²) in [6, 6.07) is 3.02. The SMILES string of the molecule is CC(C)(C)ONC(=O)C(N)c1cccs1. The van der Waals surface area contributed by atoms with Crippen molar-refractivity contribution >= 4 is 17.2 Å². The molecule has 0 saturated heterocycles. The summed E-state index contributed by atoms with van der Waals surface area (Å²) in [6.45, 7) is 5.55. The van der Waals surface area contributed by atoms with Crippen LogP contribution < -0.4 is 11.2 Å². The summed E-state index contributed by atoms with van der Waals surface area (Å²) >= 11 is 1.45. The topological polar surface area (TPSA) is 64.3 Å². The maximum atomic E-state index is 11.5. The molecular weight excluding hydrogens is 212 g/mol. The summed E-state index contributed by atoms with van der Waals surface area (Å²) in [7, 11) is 0. The number of amides is 1. The Morgan fingerprint density at radius 2 is 2.27 bits per heavy atom. The lowest BCUT2D eigenvalue weighted by Crippen LogP contribution is -2.38. The predicted octanol–water partition coefficient (Wildman–Crippen LogP) is 1.59. The third-order valence-electron chi connectivity index (χ3n) is 1.59. The maximum absolute atomic E-state index is 11.5. The Morgan fingerprint density at radius 1 is 1.60 bits per heavy atom. The molecule has 5 heteroatoms. The van der Waals surface area contributed by atoms with Crippen LogP contribution in [0, 0.1) is 0 Å². The van der Waals surface area contributed by atoms with Crippen LogP contribution in [0.4, 0.5) is 0 Å². The molecule has 1 aromatic rings. The fraction of sp³-hybridized carbons (Fsp3) is 0.500. The number of nitrogens with two attached hydrogens (primary N) is 1. The Labute approximate surface area is 93.4 Å². The second kappa shape index (κ2) is 4.74. The van der Waals surface area contributed by atoms with Gasteiger partial charge in [0.1, 0.15) is 6.04 Å². The quantitative estimate of drug-likeness (QED) is 0.772. The molecule has 4 nitrogen and oxygen atoms in total. The fourth-order valence-electron chi connectivity index (χ4n) is 0.864. The number of hydrogen-bond donors (Lipinski definition) is 2. The van der Waals surface area contributed by atoms with Crippen LogP contribution in [-0.2, 0) is 9.63 Å². The summed E-state index contributed by atoms with van der Waals surface area (Å²) in [5.74, 6) is -0.327. The number of hydrogen-bond acceptors (Lipinski definition) is 4. The summed E-state index contributed by atoms with van der Waals surface area (Å²) in [6.07, 6.45) is 0. The first-order valence-corrected chi connectivity index (χ1v) is 5.55. The molecule has 0 aliphatic carbocycles. The van der Waals surface area contributed by atoms with E-state index in [0.717, 1.165) is 4.88 Å². The molecule has 0 aromatic carbocycles. The molecule has 0 saturated carbocycles. The minimum absolute atomic E-state index is 0.327. The van der Waals surface area contributed by atoms with Crippen LogP contribution >= 0.6 is 11.3 Å². The number of nitrogens with one attached hydrogen (secondary N) is 1. The molecule has 3 N–H and O–H groups in total. The van der Waals surface area contributed by atoms with Crippen LogP contribution in [0.15, 0.2) is 17.5 Å². The van der Waals surface area contributed by atoms with E-state index in [0.29, 0.717) is 0 Å². The van der Waals surface area contributed by atoms with Crippen molar-refractivity contribution in [3.8, 4) is 0 Å². The van der Waals surface area contributed by atoms with Gasteiger partial charge in [-0.3, -0.25) is 9.63 Å². The molecule has 0 radical (unpaired) electrons. The van der Waals surface area contributed by atoms with E-state index in [1.54, 1.807) is 0 Å². The molecule has 1 unspecified atom stereocenters. The van der Waals surface area contributed by atoms with Gasteiger partial charge in [0, 0.05) is 4.88 Å². The second-order valence-corrected chi connectivity index (χ2v) is 5.15. The first-order valence-electron chi connectivity index (χ1n) is 4.67. The molecule has 0 aliphatic heterocycles. The van der Waals surface area contributed by atoms with Crippen molar-refractivity contribution in [2.24, 2.45) is 5.73 Å². The molecule has 84 valence electrons. The van der Waals surface area contributed by atoms with Crippen molar-refractivity contribution in [1.82, 2.24) is 5.48 Å². The minimum atomic E-state index is -0.660. The lowest BCUT2D eigenvalue weighted by Gasteiger charge is -2.20. The molecule has 15 heavy (non-hydrogen) atoms. The van der Waals surface area contributed by atoms with Gasteiger partial charge < -0.3 is 5.73 Å². The summed E-state index contributed by atoms with van der Waals surface area (Å²) in [4.78, 5) is 17.5. The first-order chi connectivity index (χ1) is 6.90. The van der Waals surface area contributed by atoms with Crippen molar-refractivity contribution in [2.75, 3.05) is 0 Å². The Hall–Kier alpha value is -0.910. The molecule has 1 atom stereocenters. The van der Waals surface area contributed by atoms with Gasteiger partial charge in [-0.1, -0.05) is 6.07 Å². The summed E-state index contributed by atoms with van der Waals surface area (Å²) in [5.41, 5.74) is 7.67. The fourth-order valence-corrected chi connectivity index (χ4v) is 1.59. The number of carbonyl (C=O) groups is 1. The summed E-state index contributed by atoms with van der Waals surface area (Å²) < 4.78 is 0. The second-order valence-electron chi connectivity index (χ2n) is 4.17.